The lowest BCUT2D eigenvalue weighted by Crippen LogP contribution is -2.35. The highest BCUT2D eigenvalue weighted by atomic mass is 16.5. The summed E-state index contributed by atoms with van der Waals surface area (Å²) in [7, 11) is 1.75. The summed E-state index contributed by atoms with van der Waals surface area (Å²) in [6.45, 7) is 2.04. The van der Waals surface area contributed by atoms with Gasteiger partial charge in [-0.3, -0.25) is 4.79 Å². The van der Waals surface area contributed by atoms with Crippen LogP contribution in [0.1, 0.15) is 44.2 Å². The quantitative estimate of drug-likeness (QED) is 0.904. The first-order valence-electron chi connectivity index (χ1n) is 7.09. The highest BCUT2D eigenvalue weighted by molar-refractivity contribution is 5.79. The first kappa shape index (κ1) is 14.1. The van der Waals surface area contributed by atoms with Crippen molar-refractivity contribution in [2.75, 3.05) is 7.11 Å². The van der Waals surface area contributed by atoms with Crippen molar-refractivity contribution >= 4 is 5.91 Å². The summed E-state index contributed by atoms with van der Waals surface area (Å²) >= 11 is 0. The van der Waals surface area contributed by atoms with E-state index in [1.54, 1.807) is 7.11 Å². The molecule has 0 aliphatic heterocycles. The molecule has 1 aromatic rings. The topological polar surface area (TPSA) is 38.3 Å². The molecule has 0 saturated heterocycles. The van der Waals surface area contributed by atoms with Crippen molar-refractivity contribution in [1.29, 1.82) is 0 Å². The Kier molecular flexibility index (Phi) is 4.97. The Labute approximate surface area is 115 Å². The van der Waals surface area contributed by atoms with Crippen molar-refractivity contribution in [1.82, 2.24) is 5.32 Å². The van der Waals surface area contributed by atoms with Gasteiger partial charge in [-0.05, 0) is 38.2 Å². The van der Waals surface area contributed by atoms with Gasteiger partial charge in [0.15, 0.2) is 0 Å². The fourth-order valence-electron chi connectivity index (χ4n) is 2.72. The summed E-state index contributed by atoms with van der Waals surface area (Å²) in [6, 6.07) is 10.2. The Hall–Kier alpha value is -1.35. The number of rotatable bonds is 4. The molecule has 1 unspecified atom stereocenters. The van der Waals surface area contributed by atoms with Gasteiger partial charge in [0.2, 0.25) is 5.91 Å². The molecule has 1 fully saturated rings. The van der Waals surface area contributed by atoms with Gasteiger partial charge in [-0.15, -0.1) is 0 Å². The number of hydrogen-bond acceptors (Lipinski definition) is 2. The van der Waals surface area contributed by atoms with E-state index in [4.69, 9.17) is 4.74 Å². The summed E-state index contributed by atoms with van der Waals surface area (Å²) in [5.74, 6) is 0.337. The predicted molar refractivity (Wildman–Crippen MR) is 75.8 cm³/mol. The number of ether oxygens (including phenoxy) is 1. The van der Waals surface area contributed by atoms with Gasteiger partial charge in [0.05, 0.1) is 12.1 Å². The molecule has 0 aromatic heterocycles. The molecule has 1 aliphatic rings. The monoisotopic (exact) mass is 261 g/mol. The van der Waals surface area contributed by atoms with E-state index in [1.807, 2.05) is 37.3 Å². The van der Waals surface area contributed by atoms with Gasteiger partial charge in [-0.25, -0.2) is 0 Å². The first-order chi connectivity index (χ1) is 9.20. The molecule has 0 bridgehead atoms. The van der Waals surface area contributed by atoms with E-state index >= 15 is 0 Å². The van der Waals surface area contributed by atoms with Gasteiger partial charge in [0, 0.05) is 13.0 Å². The zero-order valence-electron chi connectivity index (χ0n) is 11.8. The lowest BCUT2D eigenvalue weighted by molar-refractivity contribution is -0.127. The fourth-order valence-corrected chi connectivity index (χ4v) is 2.72. The molecule has 1 saturated carbocycles. The maximum atomic E-state index is 12.2. The van der Waals surface area contributed by atoms with Gasteiger partial charge in [0.25, 0.3) is 0 Å². The Balaban J connectivity index is 1.84. The van der Waals surface area contributed by atoms with E-state index in [0.29, 0.717) is 6.10 Å². The van der Waals surface area contributed by atoms with Crippen molar-refractivity contribution in [2.45, 2.75) is 44.8 Å². The highest BCUT2D eigenvalue weighted by Gasteiger charge is 2.26. The zero-order chi connectivity index (χ0) is 13.7. The molecular weight excluding hydrogens is 238 g/mol. The van der Waals surface area contributed by atoms with Crippen LogP contribution in [0.25, 0.3) is 0 Å². The molecule has 3 nitrogen and oxygen atoms in total. The van der Waals surface area contributed by atoms with Crippen LogP contribution in [0.3, 0.4) is 0 Å². The average molecular weight is 261 g/mol. The molecule has 1 amide bonds. The zero-order valence-corrected chi connectivity index (χ0v) is 11.8. The summed E-state index contributed by atoms with van der Waals surface area (Å²) < 4.78 is 5.34. The van der Waals surface area contributed by atoms with Crippen LogP contribution in [0.2, 0.25) is 0 Å². The number of carbonyl (C=O) groups is 1. The Bertz CT molecular complexity index is 396. The molecule has 2 rings (SSSR count). The van der Waals surface area contributed by atoms with Crippen LogP contribution in [0, 0.1) is 5.92 Å². The van der Waals surface area contributed by atoms with Gasteiger partial charge < -0.3 is 10.1 Å². The molecule has 0 radical (unpaired) electrons. The number of nitrogens with one attached hydrogen (secondary N) is 1. The summed E-state index contributed by atoms with van der Waals surface area (Å²) in [4.78, 5) is 12.2. The summed E-state index contributed by atoms with van der Waals surface area (Å²) in [5, 5.41) is 3.12. The van der Waals surface area contributed by atoms with E-state index < -0.39 is 0 Å². The highest BCUT2D eigenvalue weighted by Crippen LogP contribution is 2.26. The summed E-state index contributed by atoms with van der Waals surface area (Å²) in [6.07, 6.45) is 4.20. The smallest absolute Gasteiger partial charge is 0.223 e. The molecule has 1 aliphatic carbocycles. The molecule has 19 heavy (non-hydrogen) atoms. The lowest BCUT2D eigenvalue weighted by Gasteiger charge is -2.27. The lowest BCUT2D eigenvalue weighted by atomic mass is 9.86. The normalized spacial score (nSPS) is 24.7. The fraction of sp³-hybridized carbons (Fsp3) is 0.562. The minimum Gasteiger partial charge on any atom is -0.381 e. The second-order valence-electron chi connectivity index (χ2n) is 5.35. The van der Waals surface area contributed by atoms with Crippen LogP contribution < -0.4 is 5.32 Å². The standard InChI is InChI=1S/C16H23NO2/c1-12(13-6-4-3-5-7-13)17-16(18)14-8-10-15(19-2)11-9-14/h3-7,12,14-15H,8-11H2,1-2H3,(H,17,18). The van der Waals surface area contributed by atoms with Crippen LogP contribution >= 0.6 is 0 Å². The van der Waals surface area contributed by atoms with Crippen LogP contribution in [0.5, 0.6) is 0 Å². The third-order valence-corrected chi connectivity index (χ3v) is 4.04. The molecule has 0 heterocycles. The third kappa shape index (κ3) is 3.80. The van der Waals surface area contributed by atoms with Gasteiger partial charge in [-0.2, -0.15) is 0 Å². The van der Waals surface area contributed by atoms with E-state index in [9.17, 15) is 4.79 Å². The minimum absolute atomic E-state index is 0.0776. The number of carbonyl (C=O) groups excluding carboxylic acids is 1. The Morgan fingerprint density at radius 1 is 1.21 bits per heavy atom. The second kappa shape index (κ2) is 6.71. The number of methoxy groups -OCH3 is 1. The SMILES string of the molecule is COC1CCC(C(=O)NC(C)c2ccccc2)CC1. The molecule has 0 spiro atoms. The van der Waals surface area contributed by atoms with Crippen molar-refractivity contribution in [3.63, 3.8) is 0 Å². The number of hydrogen-bond donors (Lipinski definition) is 1. The molecule has 104 valence electrons. The largest absolute Gasteiger partial charge is 0.381 e. The second-order valence-corrected chi connectivity index (χ2v) is 5.35. The Morgan fingerprint density at radius 3 is 2.42 bits per heavy atom. The Morgan fingerprint density at radius 2 is 1.84 bits per heavy atom. The predicted octanol–water partition coefficient (Wildman–Crippen LogP) is 3.07. The van der Waals surface area contributed by atoms with Crippen molar-refractivity contribution < 1.29 is 9.53 Å². The van der Waals surface area contributed by atoms with E-state index in [-0.39, 0.29) is 17.9 Å². The van der Waals surface area contributed by atoms with E-state index in [0.717, 1.165) is 31.2 Å². The van der Waals surface area contributed by atoms with Crippen molar-refractivity contribution in [3.05, 3.63) is 35.9 Å². The maximum Gasteiger partial charge on any atom is 0.223 e. The van der Waals surface area contributed by atoms with E-state index in [1.165, 1.54) is 0 Å². The minimum atomic E-state index is 0.0776. The van der Waals surface area contributed by atoms with Gasteiger partial charge >= 0.3 is 0 Å². The number of amides is 1. The van der Waals surface area contributed by atoms with Crippen LogP contribution in [-0.2, 0) is 9.53 Å². The molecule has 1 aromatic carbocycles. The van der Waals surface area contributed by atoms with Crippen molar-refractivity contribution in [2.24, 2.45) is 5.92 Å². The summed E-state index contributed by atoms with van der Waals surface area (Å²) in [5.41, 5.74) is 1.15. The van der Waals surface area contributed by atoms with Crippen molar-refractivity contribution in [3.8, 4) is 0 Å². The third-order valence-electron chi connectivity index (χ3n) is 4.04. The van der Waals surface area contributed by atoms with Gasteiger partial charge in [-0.1, -0.05) is 30.3 Å². The molecule has 1 atom stereocenters. The van der Waals surface area contributed by atoms with Gasteiger partial charge in [0.1, 0.15) is 0 Å². The average Bonchev–Trinajstić information content (AvgIpc) is 2.48. The van der Waals surface area contributed by atoms with Crippen LogP contribution in [0.4, 0.5) is 0 Å². The molecule has 3 heteroatoms. The van der Waals surface area contributed by atoms with E-state index in [2.05, 4.69) is 5.32 Å². The first-order valence-corrected chi connectivity index (χ1v) is 7.09. The molecular formula is C16H23NO2. The van der Waals surface area contributed by atoms with Crippen LogP contribution in [0.15, 0.2) is 30.3 Å². The maximum absolute atomic E-state index is 12.2. The van der Waals surface area contributed by atoms with Crippen LogP contribution in [-0.4, -0.2) is 19.1 Å². The number of benzene rings is 1. The molecule has 1 N–H and O–H groups in total.